The molecule has 6 nitrogen and oxygen atoms in total. The van der Waals surface area contributed by atoms with Crippen LogP contribution in [-0.2, 0) is 0 Å². The molecular formula is C19H16ClN5OS. The van der Waals surface area contributed by atoms with Crippen LogP contribution < -0.4 is 5.32 Å². The van der Waals surface area contributed by atoms with Crippen LogP contribution in [-0.4, -0.2) is 40.1 Å². The van der Waals surface area contributed by atoms with E-state index in [-0.39, 0.29) is 5.91 Å². The summed E-state index contributed by atoms with van der Waals surface area (Å²) in [6.45, 7) is 0. The Kier molecular flexibility index (Phi) is 4.55. The molecule has 0 aliphatic carbocycles. The lowest BCUT2D eigenvalue weighted by Gasteiger charge is -2.11. The van der Waals surface area contributed by atoms with E-state index >= 15 is 0 Å². The molecule has 27 heavy (non-hydrogen) atoms. The van der Waals surface area contributed by atoms with E-state index in [1.807, 2.05) is 48.8 Å². The van der Waals surface area contributed by atoms with E-state index in [1.165, 1.54) is 16.2 Å². The van der Waals surface area contributed by atoms with Crippen molar-refractivity contribution in [1.29, 1.82) is 0 Å². The maximum Gasteiger partial charge on any atom is 0.275 e. The van der Waals surface area contributed by atoms with Crippen molar-refractivity contribution in [2.75, 3.05) is 19.4 Å². The molecule has 0 spiro atoms. The predicted molar refractivity (Wildman–Crippen MR) is 110 cm³/mol. The van der Waals surface area contributed by atoms with Crippen LogP contribution in [0.3, 0.4) is 0 Å². The minimum atomic E-state index is -0.180. The summed E-state index contributed by atoms with van der Waals surface area (Å²) in [7, 11) is 3.40. The monoisotopic (exact) mass is 397 g/mol. The van der Waals surface area contributed by atoms with Crippen LogP contribution in [0.25, 0.3) is 20.5 Å². The smallest absolute Gasteiger partial charge is 0.275 e. The second kappa shape index (κ2) is 7.02. The second-order valence-electron chi connectivity index (χ2n) is 6.19. The second-order valence-corrected chi connectivity index (χ2v) is 7.67. The van der Waals surface area contributed by atoms with Gasteiger partial charge in [-0.05, 0) is 29.8 Å². The highest BCUT2D eigenvalue weighted by Gasteiger charge is 2.20. The average Bonchev–Trinajstić information content (AvgIpc) is 3.31. The lowest BCUT2D eigenvalue weighted by atomic mass is 10.1. The number of thiophene rings is 1. The lowest BCUT2D eigenvalue weighted by molar-refractivity contribution is 0.0823. The maximum absolute atomic E-state index is 12.6. The Bertz CT molecular complexity index is 1120. The Morgan fingerprint density at radius 2 is 2.07 bits per heavy atom. The number of carbonyl (C=O) groups is 1. The van der Waals surface area contributed by atoms with Crippen LogP contribution in [0.4, 0.5) is 11.5 Å². The quantitative estimate of drug-likeness (QED) is 0.519. The zero-order chi connectivity index (χ0) is 19.0. The molecule has 8 heteroatoms. The third-order valence-electron chi connectivity index (χ3n) is 4.03. The molecule has 136 valence electrons. The number of halogens is 1. The molecule has 0 aliphatic heterocycles. The van der Waals surface area contributed by atoms with Crippen molar-refractivity contribution in [3.8, 4) is 10.4 Å². The summed E-state index contributed by atoms with van der Waals surface area (Å²) < 4.78 is 0.789. The fourth-order valence-corrected chi connectivity index (χ4v) is 4.03. The van der Waals surface area contributed by atoms with Gasteiger partial charge in [0.1, 0.15) is 0 Å². The van der Waals surface area contributed by atoms with E-state index in [4.69, 9.17) is 11.6 Å². The Morgan fingerprint density at radius 3 is 2.78 bits per heavy atom. The maximum atomic E-state index is 12.6. The number of benzene rings is 1. The minimum absolute atomic E-state index is 0.180. The van der Waals surface area contributed by atoms with Gasteiger partial charge in [0, 0.05) is 41.8 Å². The average molecular weight is 398 g/mol. The number of fused-ring (bicyclic) bond motifs is 1. The highest BCUT2D eigenvalue weighted by molar-refractivity contribution is 7.22. The number of nitrogens with zero attached hydrogens (tertiary/aromatic N) is 3. The summed E-state index contributed by atoms with van der Waals surface area (Å²) in [6.07, 6.45) is 3.65. The van der Waals surface area contributed by atoms with E-state index in [1.54, 1.807) is 14.1 Å². The third kappa shape index (κ3) is 3.39. The fraction of sp³-hybridized carbons (Fsp3) is 0.105. The molecule has 3 aromatic heterocycles. The Balaban J connectivity index is 1.90. The number of amides is 1. The molecule has 0 atom stereocenters. The van der Waals surface area contributed by atoms with Gasteiger partial charge in [0.05, 0.1) is 10.4 Å². The molecule has 4 rings (SSSR count). The SMILES string of the molecule is CN(C)C(=O)c1nnc(Nc2cc[nH]c2)c2cc(-c3cccc(Cl)c3)sc12. The van der Waals surface area contributed by atoms with Crippen molar-refractivity contribution in [2.24, 2.45) is 0 Å². The molecule has 4 aromatic rings. The van der Waals surface area contributed by atoms with Gasteiger partial charge >= 0.3 is 0 Å². The van der Waals surface area contributed by atoms with Gasteiger partial charge in [0.25, 0.3) is 5.91 Å². The third-order valence-corrected chi connectivity index (χ3v) is 5.46. The van der Waals surface area contributed by atoms with E-state index in [9.17, 15) is 4.79 Å². The van der Waals surface area contributed by atoms with Gasteiger partial charge in [0.15, 0.2) is 11.5 Å². The molecule has 0 radical (unpaired) electrons. The zero-order valence-electron chi connectivity index (χ0n) is 14.7. The summed E-state index contributed by atoms with van der Waals surface area (Å²) in [4.78, 5) is 18.1. The van der Waals surface area contributed by atoms with Crippen molar-refractivity contribution in [1.82, 2.24) is 20.1 Å². The van der Waals surface area contributed by atoms with Crippen LogP contribution in [0.15, 0.2) is 48.8 Å². The van der Waals surface area contributed by atoms with Crippen molar-refractivity contribution >= 4 is 50.4 Å². The minimum Gasteiger partial charge on any atom is -0.366 e. The molecule has 0 saturated carbocycles. The summed E-state index contributed by atoms with van der Waals surface area (Å²) >= 11 is 7.65. The van der Waals surface area contributed by atoms with E-state index in [2.05, 4.69) is 20.5 Å². The Labute approximate surface area is 164 Å². The standard InChI is InChI=1S/C19H16ClN5OS/c1-25(2)19(26)16-17-14(18(24-23-16)22-13-6-7-21-10-13)9-15(27-17)11-4-3-5-12(20)8-11/h3-10,21H,1-2H3,(H,22,24). The lowest BCUT2D eigenvalue weighted by Crippen LogP contribution is -2.23. The number of rotatable bonds is 4. The molecule has 0 unspecified atom stereocenters. The van der Waals surface area contributed by atoms with Crippen LogP contribution >= 0.6 is 22.9 Å². The number of hydrogen-bond donors (Lipinski definition) is 2. The number of anilines is 2. The first-order valence-corrected chi connectivity index (χ1v) is 9.40. The number of aromatic amines is 1. The van der Waals surface area contributed by atoms with Crippen LogP contribution in [0, 0.1) is 0 Å². The summed E-state index contributed by atoms with van der Waals surface area (Å²) in [5, 5.41) is 13.2. The number of hydrogen-bond acceptors (Lipinski definition) is 5. The number of carbonyl (C=O) groups excluding carboxylic acids is 1. The highest BCUT2D eigenvalue weighted by atomic mass is 35.5. The van der Waals surface area contributed by atoms with Gasteiger partial charge in [-0.3, -0.25) is 4.79 Å². The van der Waals surface area contributed by atoms with Crippen LogP contribution in [0.2, 0.25) is 5.02 Å². The number of H-pyrrole nitrogens is 1. The predicted octanol–water partition coefficient (Wildman–Crippen LogP) is 4.79. The Hall–Kier alpha value is -2.90. The molecule has 1 amide bonds. The van der Waals surface area contributed by atoms with Gasteiger partial charge in [-0.15, -0.1) is 21.5 Å². The molecule has 0 bridgehead atoms. The van der Waals surface area contributed by atoms with Crippen LogP contribution in [0.1, 0.15) is 10.5 Å². The van der Waals surface area contributed by atoms with Gasteiger partial charge in [-0.25, -0.2) is 0 Å². The van der Waals surface area contributed by atoms with Gasteiger partial charge < -0.3 is 15.2 Å². The van der Waals surface area contributed by atoms with E-state index in [0.29, 0.717) is 16.5 Å². The topological polar surface area (TPSA) is 73.9 Å². The van der Waals surface area contributed by atoms with Gasteiger partial charge in [-0.2, -0.15) is 0 Å². The van der Waals surface area contributed by atoms with Crippen molar-refractivity contribution in [2.45, 2.75) is 0 Å². The summed E-state index contributed by atoms with van der Waals surface area (Å²) in [5.41, 5.74) is 2.19. The number of nitrogens with one attached hydrogen (secondary N) is 2. The van der Waals surface area contributed by atoms with Crippen molar-refractivity contribution in [3.05, 3.63) is 59.5 Å². The van der Waals surface area contributed by atoms with Crippen molar-refractivity contribution in [3.63, 3.8) is 0 Å². The fourth-order valence-electron chi connectivity index (χ4n) is 2.71. The normalized spacial score (nSPS) is 10.9. The first-order valence-electron chi connectivity index (χ1n) is 8.20. The van der Waals surface area contributed by atoms with E-state index in [0.717, 1.165) is 26.2 Å². The van der Waals surface area contributed by atoms with Gasteiger partial charge in [-0.1, -0.05) is 23.7 Å². The molecule has 0 fully saturated rings. The van der Waals surface area contributed by atoms with Crippen LogP contribution in [0.5, 0.6) is 0 Å². The first kappa shape index (κ1) is 17.5. The zero-order valence-corrected chi connectivity index (χ0v) is 16.2. The largest absolute Gasteiger partial charge is 0.366 e. The highest BCUT2D eigenvalue weighted by Crippen LogP contribution is 2.39. The number of aromatic nitrogens is 3. The van der Waals surface area contributed by atoms with Gasteiger partial charge in [0.2, 0.25) is 0 Å². The molecule has 1 aromatic carbocycles. The molecule has 2 N–H and O–H groups in total. The summed E-state index contributed by atoms with van der Waals surface area (Å²) in [6, 6.07) is 11.5. The molecule has 0 saturated heterocycles. The molecule has 3 heterocycles. The first-order chi connectivity index (χ1) is 13.0. The van der Waals surface area contributed by atoms with E-state index < -0.39 is 0 Å². The molecular weight excluding hydrogens is 382 g/mol. The summed E-state index contributed by atoms with van der Waals surface area (Å²) in [5.74, 6) is 0.421. The van der Waals surface area contributed by atoms with Crippen molar-refractivity contribution < 1.29 is 4.79 Å². The molecule has 0 aliphatic rings. The Morgan fingerprint density at radius 1 is 1.22 bits per heavy atom.